The molecule has 0 unspecified atom stereocenters. The summed E-state index contributed by atoms with van der Waals surface area (Å²) in [5.41, 5.74) is 13.1. The van der Waals surface area contributed by atoms with Crippen LogP contribution >= 0.6 is 11.3 Å². The van der Waals surface area contributed by atoms with Crippen LogP contribution < -0.4 is 0 Å². The summed E-state index contributed by atoms with van der Waals surface area (Å²) in [4.78, 5) is 22.0. The van der Waals surface area contributed by atoms with Crippen molar-refractivity contribution >= 4 is 54.9 Å². The molecular weight excluding hydrogens is 787 g/mol. The average molecular weight is 826 g/mol. The molecule has 4 heterocycles. The van der Waals surface area contributed by atoms with Crippen molar-refractivity contribution in [3.63, 3.8) is 0 Å². The fraction of sp³-hybridized carbons (Fsp3) is 0.0175. The topological polar surface area (TPSA) is 56.5 Å². The van der Waals surface area contributed by atoms with Crippen molar-refractivity contribution in [1.82, 2.24) is 24.5 Å². The quantitative estimate of drug-likeness (QED) is 0.136. The van der Waals surface area contributed by atoms with Crippen molar-refractivity contribution in [2.75, 3.05) is 0 Å². The van der Waals surface area contributed by atoms with Gasteiger partial charge in [-0.2, -0.15) is 0 Å². The largest absolute Gasteiger partial charge is 0.309 e. The first-order valence-electron chi connectivity index (χ1n) is 21.0. The predicted molar refractivity (Wildman–Crippen MR) is 264 cm³/mol. The fourth-order valence-electron chi connectivity index (χ4n) is 8.66. The number of allylic oxidation sites excluding steroid dienone is 2. The zero-order valence-corrected chi connectivity index (χ0v) is 35.3. The molecule has 0 bridgehead atoms. The second-order valence-corrected chi connectivity index (χ2v) is 16.8. The van der Waals surface area contributed by atoms with Crippen LogP contribution in [-0.2, 0) is 0 Å². The number of pyridine rings is 1. The van der Waals surface area contributed by atoms with Crippen LogP contribution in [0.25, 0.3) is 106 Å². The number of benzene rings is 7. The Hall–Kier alpha value is -8.06. The Morgan fingerprint density at radius 1 is 0.524 bits per heavy atom. The number of para-hydroxylation sites is 2. The lowest BCUT2D eigenvalue weighted by Gasteiger charge is -2.14. The van der Waals surface area contributed by atoms with Gasteiger partial charge in [0.2, 0.25) is 0 Å². The molecule has 11 rings (SSSR count). The zero-order valence-electron chi connectivity index (χ0n) is 34.5. The van der Waals surface area contributed by atoms with E-state index in [0.29, 0.717) is 17.5 Å². The van der Waals surface area contributed by atoms with Gasteiger partial charge in [-0.25, -0.2) is 15.0 Å². The van der Waals surface area contributed by atoms with Crippen LogP contribution in [0.4, 0.5) is 0 Å². The van der Waals surface area contributed by atoms with E-state index in [0.717, 1.165) is 67.0 Å². The fourth-order valence-corrected chi connectivity index (χ4v) is 9.71. The SMILES string of the molecule is C=C/C(=C\c1c(C)sc2ccc3c(c4ccccc4n3-c3ccccc3)c12)c1ncc(-c2cccc(-c3ccccc3)c2)cc1-c1nc(-c2ccccc2)nc(-c2ccccc2)n1. The van der Waals surface area contributed by atoms with E-state index < -0.39 is 0 Å². The smallest absolute Gasteiger partial charge is 0.166 e. The van der Waals surface area contributed by atoms with Gasteiger partial charge in [-0.05, 0) is 77.7 Å². The van der Waals surface area contributed by atoms with E-state index >= 15 is 0 Å². The van der Waals surface area contributed by atoms with Gasteiger partial charge in [-0.3, -0.25) is 4.98 Å². The molecule has 0 spiro atoms. The first-order chi connectivity index (χ1) is 31.1. The Kier molecular flexibility index (Phi) is 9.68. The average Bonchev–Trinajstić information content (AvgIpc) is 3.87. The van der Waals surface area contributed by atoms with E-state index in [2.05, 4.69) is 145 Å². The van der Waals surface area contributed by atoms with Gasteiger partial charge in [0.15, 0.2) is 17.5 Å². The highest BCUT2D eigenvalue weighted by Crippen LogP contribution is 2.44. The van der Waals surface area contributed by atoms with Crippen LogP contribution in [0.1, 0.15) is 16.1 Å². The molecule has 0 N–H and O–H groups in total. The van der Waals surface area contributed by atoms with Crippen LogP contribution in [0.3, 0.4) is 0 Å². The second-order valence-electron chi connectivity index (χ2n) is 15.5. The number of hydrogen-bond donors (Lipinski definition) is 0. The van der Waals surface area contributed by atoms with Gasteiger partial charge >= 0.3 is 0 Å². The molecule has 0 amide bonds. The van der Waals surface area contributed by atoms with E-state index in [1.165, 1.54) is 31.3 Å². The third-order valence-corrected chi connectivity index (χ3v) is 12.7. The number of thiophene rings is 1. The lowest BCUT2D eigenvalue weighted by molar-refractivity contribution is 1.07. The first kappa shape index (κ1) is 37.9. The van der Waals surface area contributed by atoms with Crippen molar-refractivity contribution in [2.24, 2.45) is 0 Å². The summed E-state index contributed by atoms with van der Waals surface area (Å²) in [6.07, 6.45) is 6.13. The Morgan fingerprint density at radius 2 is 1.10 bits per heavy atom. The molecule has 0 aliphatic heterocycles. The normalized spacial score (nSPS) is 11.7. The van der Waals surface area contributed by atoms with Gasteiger partial charge in [-0.1, -0.05) is 158 Å². The highest BCUT2D eigenvalue weighted by Gasteiger charge is 2.22. The van der Waals surface area contributed by atoms with Crippen LogP contribution in [0.5, 0.6) is 0 Å². The van der Waals surface area contributed by atoms with E-state index in [4.69, 9.17) is 19.9 Å². The van der Waals surface area contributed by atoms with Gasteiger partial charge in [-0.15, -0.1) is 11.3 Å². The molecule has 5 nitrogen and oxygen atoms in total. The van der Waals surface area contributed by atoms with Crippen LogP contribution in [-0.4, -0.2) is 24.5 Å². The molecule has 0 saturated carbocycles. The Morgan fingerprint density at radius 3 is 1.76 bits per heavy atom. The minimum absolute atomic E-state index is 0.527. The number of fused-ring (bicyclic) bond motifs is 5. The maximum atomic E-state index is 5.32. The van der Waals surface area contributed by atoms with Crippen molar-refractivity contribution in [3.05, 3.63) is 223 Å². The van der Waals surface area contributed by atoms with Crippen LogP contribution in [0.2, 0.25) is 0 Å². The van der Waals surface area contributed by atoms with Gasteiger partial charge < -0.3 is 4.57 Å². The van der Waals surface area contributed by atoms with Gasteiger partial charge in [0.25, 0.3) is 0 Å². The Bertz CT molecular complexity index is 3460. The molecule has 0 radical (unpaired) electrons. The minimum Gasteiger partial charge on any atom is -0.309 e. The summed E-state index contributed by atoms with van der Waals surface area (Å²) >= 11 is 1.81. The van der Waals surface area contributed by atoms with Gasteiger partial charge in [0.1, 0.15) is 0 Å². The van der Waals surface area contributed by atoms with E-state index in [1.807, 2.05) is 90.3 Å². The molecule has 298 valence electrons. The summed E-state index contributed by atoms with van der Waals surface area (Å²) < 4.78 is 3.60. The lowest BCUT2D eigenvalue weighted by Crippen LogP contribution is -2.03. The van der Waals surface area contributed by atoms with E-state index in [9.17, 15) is 0 Å². The maximum Gasteiger partial charge on any atom is 0.166 e. The summed E-state index contributed by atoms with van der Waals surface area (Å²) in [6.45, 7) is 6.62. The van der Waals surface area contributed by atoms with Crippen molar-refractivity contribution < 1.29 is 0 Å². The van der Waals surface area contributed by atoms with E-state index in [1.54, 1.807) is 0 Å². The monoisotopic (exact) mass is 825 g/mol. The third-order valence-electron chi connectivity index (χ3n) is 11.7. The molecule has 0 fully saturated rings. The van der Waals surface area contributed by atoms with Gasteiger partial charge in [0, 0.05) is 65.4 Å². The highest BCUT2D eigenvalue weighted by atomic mass is 32.1. The standard InChI is InChI=1S/C57H39N5S/c1-3-38(34-47-37(2)63-51-32-31-50-52(53(47)51)46-29-16-17-30-49(46)62(50)45-27-14-7-15-28-45)54-48(35-44(36-58-54)43-26-18-25-42(33-43)39-19-8-4-9-20-39)57-60-55(40-21-10-5-11-22-40)59-56(61-57)41-23-12-6-13-24-41/h3-36H,1H2,2H3/b38-34+. The Balaban J connectivity index is 1.16. The maximum absolute atomic E-state index is 5.32. The van der Waals surface area contributed by atoms with Crippen molar-refractivity contribution in [3.8, 4) is 62.1 Å². The molecule has 4 aromatic heterocycles. The van der Waals surface area contributed by atoms with Crippen LogP contribution in [0.15, 0.2) is 207 Å². The molecule has 0 aliphatic rings. The van der Waals surface area contributed by atoms with Crippen LogP contribution in [0, 0.1) is 6.92 Å². The third kappa shape index (κ3) is 6.93. The molecule has 63 heavy (non-hydrogen) atoms. The zero-order chi connectivity index (χ0) is 42.3. The second kappa shape index (κ2) is 16.1. The van der Waals surface area contributed by atoms with Crippen molar-refractivity contribution in [2.45, 2.75) is 6.92 Å². The molecule has 0 saturated heterocycles. The lowest BCUT2D eigenvalue weighted by atomic mass is 9.96. The Labute approximate surface area is 369 Å². The number of nitrogens with zero attached hydrogens (tertiary/aromatic N) is 5. The number of rotatable bonds is 9. The highest BCUT2D eigenvalue weighted by molar-refractivity contribution is 7.19. The summed E-state index contributed by atoms with van der Waals surface area (Å²) in [5.74, 6) is 1.70. The summed E-state index contributed by atoms with van der Waals surface area (Å²) in [7, 11) is 0. The molecule has 6 heteroatoms. The molecule has 0 aliphatic carbocycles. The molecule has 7 aromatic carbocycles. The summed E-state index contributed by atoms with van der Waals surface area (Å²) in [6, 6.07) is 65.3. The number of aromatic nitrogens is 5. The van der Waals surface area contributed by atoms with Gasteiger partial charge in [0.05, 0.1) is 16.7 Å². The molecular formula is C57H39N5S. The molecule has 0 atom stereocenters. The first-order valence-corrected chi connectivity index (χ1v) is 21.8. The van der Waals surface area contributed by atoms with E-state index in [-0.39, 0.29) is 0 Å². The van der Waals surface area contributed by atoms with Crippen molar-refractivity contribution in [1.29, 1.82) is 0 Å². The number of aryl methyl sites for hydroxylation is 1. The number of hydrogen-bond acceptors (Lipinski definition) is 5. The minimum atomic E-state index is 0.527. The summed E-state index contributed by atoms with van der Waals surface area (Å²) in [5, 5.41) is 3.65. The molecule has 11 aromatic rings. The predicted octanol–water partition coefficient (Wildman–Crippen LogP) is 14.9.